The predicted octanol–water partition coefficient (Wildman–Crippen LogP) is 12.8. The van der Waals surface area contributed by atoms with Gasteiger partial charge in [0.1, 0.15) is 0 Å². The van der Waals surface area contributed by atoms with Gasteiger partial charge in [-0.15, -0.1) is 0 Å². The fourth-order valence-electron chi connectivity index (χ4n) is 8.78. The van der Waals surface area contributed by atoms with Crippen LogP contribution in [0.1, 0.15) is 0 Å². The van der Waals surface area contributed by atoms with E-state index in [1.807, 2.05) is 12.1 Å². The van der Waals surface area contributed by atoms with Crippen LogP contribution >= 0.6 is 0 Å². The van der Waals surface area contributed by atoms with E-state index in [4.69, 9.17) is 4.74 Å². The lowest BCUT2D eigenvalue weighted by atomic mass is 10.0. The van der Waals surface area contributed by atoms with Crippen molar-refractivity contribution in [1.82, 2.24) is 13.7 Å². The van der Waals surface area contributed by atoms with E-state index in [1.54, 1.807) is 0 Å². The van der Waals surface area contributed by atoms with E-state index in [2.05, 4.69) is 177 Å². The van der Waals surface area contributed by atoms with E-state index >= 15 is 0 Å². The molecule has 4 nitrogen and oxygen atoms in total. The summed E-state index contributed by atoms with van der Waals surface area (Å²) in [6.45, 7) is 0. The zero-order valence-corrected chi connectivity index (χ0v) is 28.0. The molecular weight excluding hydrogens is 635 g/mol. The molecule has 0 fully saturated rings. The molecule has 0 radical (unpaired) electrons. The maximum atomic E-state index is 6.34. The van der Waals surface area contributed by atoms with E-state index in [9.17, 15) is 0 Å². The summed E-state index contributed by atoms with van der Waals surface area (Å²) in [7, 11) is 0. The quantitative estimate of drug-likeness (QED) is 0.185. The minimum absolute atomic E-state index is 0.878. The summed E-state index contributed by atoms with van der Waals surface area (Å²) in [6, 6.07) is 63.6. The van der Waals surface area contributed by atoms with Gasteiger partial charge in [0, 0.05) is 43.7 Å². The SMILES string of the molecule is c1ccc2c(c1)Oc1cccc3c4ccc(-c5ccc(-n6c7ccccc7c7cc(-n8c9ccccc9c9ccccc98)ccc76)cc5)cc4n-2c13. The molecule has 0 unspecified atom stereocenters. The Hall–Kier alpha value is -7.04. The molecular formula is C48H29N3O. The Labute approximate surface area is 298 Å². The van der Waals surface area contributed by atoms with E-state index in [0.717, 1.165) is 34.1 Å². The van der Waals surface area contributed by atoms with Gasteiger partial charge in [-0.05, 0) is 83.9 Å². The van der Waals surface area contributed by atoms with Gasteiger partial charge in [0.25, 0.3) is 0 Å². The average Bonchev–Trinajstić information content (AvgIpc) is 3.84. The van der Waals surface area contributed by atoms with Gasteiger partial charge < -0.3 is 18.4 Å². The second kappa shape index (κ2) is 10.3. The fraction of sp³-hybridized carbons (Fsp3) is 0. The van der Waals surface area contributed by atoms with Crippen molar-refractivity contribution in [1.29, 1.82) is 0 Å². The van der Waals surface area contributed by atoms with Crippen molar-refractivity contribution in [2.75, 3.05) is 0 Å². The number of aromatic nitrogens is 3. The Balaban J connectivity index is 1.00. The lowest BCUT2D eigenvalue weighted by molar-refractivity contribution is 0.476. The van der Waals surface area contributed by atoms with Gasteiger partial charge in [0.15, 0.2) is 11.5 Å². The molecule has 3 aromatic heterocycles. The van der Waals surface area contributed by atoms with Crippen molar-refractivity contribution in [3.63, 3.8) is 0 Å². The highest BCUT2D eigenvalue weighted by Crippen LogP contribution is 2.46. The van der Waals surface area contributed by atoms with Crippen LogP contribution in [0, 0.1) is 0 Å². The van der Waals surface area contributed by atoms with Gasteiger partial charge >= 0.3 is 0 Å². The molecule has 4 heterocycles. The number of hydrogen-bond acceptors (Lipinski definition) is 1. The highest BCUT2D eigenvalue weighted by molar-refractivity contribution is 6.14. The number of rotatable bonds is 3. The second-order valence-corrected chi connectivity index (χ2v) is 13.8. The van der Waals surface area contributed by atoms with E-state index < -0.39 is 0 Å². The molecule has 4 heteroatoms. The van der Waals surface area contributed by atoms with Crippen LogP contribution in [0.25, 0.3) is 93.6 Å². The molecule has 0 amide bonds. The van der Waals surface area contributed by atoms with Crippen LogP contribution in [-0.4, -0.2) is 13.7 Å². The minimum atomic E-state index is 0.878. The normalized spacial score (nSPS) is 12.4. The minimum Gasteiger partial charge on any atom is -0.453 e. The lowest BCUT2D eigenvalue weighted by Crippen LogP contribution is -2.03. The van der Waals surface area contributed by atoms with Gasteiger partial charge in [0.2, 0.25) is 0 Å². The Bertz CT molecular complexity index is 3210. The van der Waals surface area contributed by atoms with Crippen molar-refractivity contribution in [2.24, 2.45) is 0 Å². The van der Waals surface area contributed by atoms with Crippen LogP contribution in [0.2, 0.25) is 0 Å². The first-order chi connectivity index (χ1) is 25.8. The molecule has 8 aromatic carbocycles. The van der Waals surface area contributed by atoms with Crippen molar-refractivity contribution in [3.8, 4) is 39.7 Å². The van der Waals surface area contributed by atoms with Gasteiger partial charge in [-0.3, -0.25) is 0 Å². The summed E-state index contributed by atoms with van der Waals surface area (Å²) < 4.78 is 13.5. The number of nitrogens with zero attached hydrogens (tertiary/aromatic N) is 3. The largest absolute Gasteiger partial charge is 0.453 e. The molecule has 1 aliphatic heterocycles. The van der Waals surface area contributed by atoms with Crippen LogP contribution in [0.4, 0.5) is 0 Å². The Kier molecular flexibility index (Phi) is 5.47. The maximum absolute atomic E-state index is 6.34. The summed E-state index contributed by atoms with van der Waals surface area (Å²) in [5.74, 6) is 1.77. The first-order valence-corrected chi connectivity index (χ1v) is 17.8. The van der Waals surface area contributed by atoms with Crippen LogP contribution in [0.5, 0.6) is 11.5 Å². The number of fused-ring (bicyclic) bond motifs is 11. The van der Waals surface area contributed by atoms with Crippen LogP contribution in [0.3, 0.4) is 0 Å². The van der Waals surface area contributed by atoms with E-state index in [1.165, 1.54) is 71.0 Å². The number of benzene rings is 8. The molecule has 52 heavy (non-hydrogen) atoms. The van der Waals surface area contributed by atoms with Crippen LogP contribution in [0.15, 0.2) is 176 Å². The molecule has 0 saturated carbocycles. The standard InChI is InChI=1S/C48H29N3O/c1-4-14-40-34(10-1)35-11-2-5-15-41(35)50(40)33-25-27-43-39(29-33)36-12-3-6-16-42(36)49(43)32-23-20-30(21-24-32)31-22-26-37-38-13-9-19-47-48(38)51(45(37)28-31)44-17-7-8-18-46(44)52-47/h1-29H. The molecule has 0 bridgehead atoms. The molecule has 0 N–H and O–H groups in total. The zero-order chi connectivity index (χ0) is 33.9. The first-order valence-electron chi connectivity index (χ1n) is 17.8. The van der Waals surface area contributed by atoms with Crippen LogP contribution < -0.4 is 4.74 Å². The Morgan fingerprint density at radius 2 is 0.846 bits per heavy atom. The summed E-state index contributed by atoms with van der Waals surface area (Å²) in [5, 5.41) is 7.45. The topological polar surface area (TPSA) is 24.0 Å². The van der Waals surface area contributed by atoms with Crippen molar-refractivity contribution >= 4 is 65.4 Å². The smallest absolute Gasteiger partial charge is 0.152 e. The predicted molar refractivity (Wildman–Crippen MR) is 215 cm³/mol. The van der Waals surface area contributed by atoms with Gasteiger partial charge in [-0.2, -0.15) is 0 Å². The molecule has 12 rings (SSSR count). The Morgan fingerprint density at radius 1 is 0.308 bits per heavy atom. The second-order valence-electron chi connectivity index (χ2n) is 13.8. The number of hydrogen-bond donors (Lipinski definition) is 0. The summed E-state index contributed by atoms with van der Waals surface area (Å²) in [6.07, 6.45) is 0. The molecule has 242 valence electrons. The molecule has 0 saturated heterocycles. The first kappa shape index (κ1) is 27.7. The van der Waals surface area contributed by atoms with Gasteiger partial charge in [-0.25, -0.2) is 0 Å². The maximum Gasteiger partial charge on any atom is 0.152 e. The summed E-state index contributed by atoms with van der Waals surface area (Å²) >= 11 is 0. The molecule has 11 aromatic rings. The highest BCUT2D eigenvalue weighted by atomic mass is 16.5. The number of para-hydroxylation sites is 6. The number of ether oxygens (including phenoxy) is 1. The monoisotopic (exact) mass is 663 g/mol. The summed E-state index contributed by atoms with van der Waals surface area (Å²) in [4.78, 5) is 0. The third kappa shape index (κ3) is 3.70. The third-order valence-electron chi connectivity index (χ3n) is 11.0. The molecule has 0 atom stereocenters. The highest BCUT2D eigenvalue weighted by Gasteiger charge is 2.24. The van der Waals surface area contributed by atoms with Crippen LogP contribution in [-0.2, 0) is 0 Å². The summed E-state index contributed by atoms with van der Waals surface area (Å²) in [5.41, 5.74) is 12.9. The molecule has 1 aliphatic rings. The average molecular weight is 664 g/mol. The lowest BCUT2D eigenvalue weighted by Gasteiger charge is -2.20. The van der Waals surface area contributed by atoms with Crippen molar-refractivity contribution in [3.05, 3.63) is 176 Å². The van der Waals surface area contributed by atoms with E-state index in [0.29, 0.717) is 0 Å². The molecule has 0 aliphatic carbocycles. The van der Waals surface area contributed by atoms with Gasteiger partial charge in [0.05, 0.1) is 38.8 Å². The zero-order valence-electron chi connectivity index (χ0n) is 28.0. The third-order valence-corrected chi connectivity index (χ3v) is 11.0. The molecule has 0 spiro atoms. The van der Waals surface area contributed by atoms with E-state index in [-0.39, 0.29) is 0 Å². The Morgan fingerprint density at radius 3 is 1.60 bits per heavy atom. The van der Waals surface area contributed by atoms with Crippen molar-refractivity contribution < 1.29 is 4.74 Å². The van der Waals surface area contributed by atoms with Gasteiger partial charge in [-0.1, -0.05) is 103 Å². The van der Waals surface area contributed by atoms with Crippen molar-refractivity contribution in [2.45, 2.75) is 0 Å². The fourth-order valence-corrected chi connectivity index (χ4v) is 8.78.